The standard InChI is InChI=1S/C33H39NO6Si/c1-33(2,3)41(4,5)40-27-21-28(34(22-27)32(37)38-23-24-15-9-6-10-16-24)31(36)39-30(26-19-13-8-14-20-26)29(35)25-17-11-7-12-18-25/h6-20,27-28,30H,21-23H2,1-5H3/t27-,28-,30?/m1/s1. The van der Waals surface area contributed by atoms with E-state index in [4.69, 9.17) is 13.9 Å². The molecule has 0 saturated carbocycles. The molecular weight excluding hydrogens is 534 g/mol. The summed E-state index contributed by atoms with van der Waals surface area (Å²) in [6.07, 6.45) is -1.89. The number of ether oxygens (including phenoxy) is 2. The molecule has 0 aliphatic carbocycles. The van der Waals surface area contributed by atoms with Crippen LogP contribution < -0.4 is 0 Å². The van der Waals surface area contributed by atoms with E-state index in [-0.39, 0.29) is 36.5 Å². The van der Waals surface area contributed by atoms with Crippen molar-refractivity contribution in [2.75, 3.05) is 6.54 Å². The Balaban J connectivity index is 1.58. The lowest BCUT2D eigenvalue weighted by atomic mass is 9.99. The van der Waals surface area contributed by atoms with Gasteiger partial charge in [-0.05, 0) is 23.7 Å². The quantitative estimate of drug-likeness (QED) is 0.156. The van der Waals surface area contributed by atoms with E-state index in [2.05, 4.69) is 33.9 Å². The highest BCUT2D eigenvalue weighted by Gasteiger charge is 2.47. The van der Waals surface area contributed by atoms with Crippen LogP contribution in [0.15, 0.2) is 91.0 Å². The lowest BCUT2D eigenvalue weighted by molar-refractivity contribution is -0.152. The fraction of sp³-hybridized carbons (Fsp3) is 0.364. The second kappa shape index (κ2) is 12.8. The van der Waals surface area contributed by atoms with Crippen molar-refractivity contribution >= 4 is 26.2 Å². The number of nitrogens with zero attached hydrogens (tertiary/aromatic N) is 1. The van der Waals surface area contributed by atoms with Crippen LogP contribution in [0.5, 0.6) is 0 Å². The molecule has 1 aliphatic heterocycles. The molecule has 0 spiro atoms. The number of rotatable bonds is 9. The van der Waals surface area contributed by atoms with Gasteiger partial charge in [0.25, 0.3) is 0 Å². The van der Waals surface area contributed by atoms with E-state index in [1.54, 1.807) is 48.5 Å². The highest BCUT2D eigenvalue weighted by atomic mass is 28.4. The molecule has 1 unspecified atom stereocenters. The molecule has 216 valence electrons. The minimum absolute atomic E-state index is 0.0508. The predicted molar refractivity (Wildman–Crippen MR) is 160 cm³/mol. The molecule has 0 aromatic heterocycles. The summed E-state index contributed by atoms with van der Waals surface area (Å²) in [6, 6.07) is 26.1. The normalized spacial score (nSPS) is 18.0. The van der Waals surface area contributed by atoms with Crippen LogP contribution in [0.4, 0.5) is 4.79 Å². The number of hydrogen-bond donors (Lipinski definition) is 0. The zero-order chi connectivity index (χ0) is 29.6. The van der Waals surface area contributed by atoms with Gasteiger partial charge in [0.15, 0.2) is 14.4 Å². The number of carbonyl (C=O) groups is 3. The molecule has 7 nitrogen and oxygen atoms in total. The van der Waals surface area contributed by atoms with Crippen LogP contribution in [0.3, 0.4) is 0 Å². The molecule has 1 amide bonds. The van der Waals surface area contributed by atoms with Crippen molar-refractivity contribution in [3.63, 3.8) is 0 Å². The minimum Gasteiger partial charge on any atom is -0.447 e. The molecule has 8 heteroatoms. The van der Waals surface area contributed by atoms with Gasteiger partial charge in [0, 0.05) is 24.1 Å². The van der Waals surface area contributed by atoms with Crippen molar-refractivity contribution in [3.05, 3.63) is 108 Å². The summed E-state index contributed by atoms with van der Waals surface area (Å²) in [4.78, 5) is 42.0. The molecule has 3 aromatic carbocycles. The smallest absolute Gasteiger partial charge is 0.410 e. The number of esters is 1. The first-order valence-corrected chi connectivity index (χ1v) is 16.9. The third-order valence-corrected chi connectivity index (χ3v) is 12.4. The molecule has 3 atom stereocenters. The van der Waals surface area contributed by atoms with Crippen LogP contribution in [-0.4, -0.2) is 49.8 Å². The number of ketones is 1. The van der Waals surface area contributed by atoms with Crippen molar-refractivity contribution in [1.82, 2.24) is 4.90 Å². The lowest BCUT2D eigenvalue weighted by Gasteiger charge is -2.38. The lowest BCUT2D eigenvalue weighted by Crippen LogP contribution is -2.45. The summed E-state index contributed by atoms with van der Waals surface area (Å²) in [5.74, 6) is -1.00. The Kier molecular flexibility index (Phi) is 9.45. The van der Waals surface area contributed by atoms with Gasteiger partial charge in [0.2, 0.25) is 5.78 Å². The van der Waals surface area contributed by atoms with Crippen molar-refractivity contribution in [3.8, 4) is 0 Å². The third-order valence-electron chi connectivity index (χ3n) is 7.87. The Morgan fingerprint density at radius 1 is 0.878 bits per heavy atom. The highest BCUT2D eigenvalue weighted by Crippen LogP contribution is 2.39. The second-order valence-corrected chi connectivity index (χ2v) is 16.7. The van der Waals surface area contributed by atoms with Crippen LogP contribution in [0.2, 0.25) is 18.1 Å². The average Bonchev–Trinajstić information content (AvgIpc) is 3.38. The molecule has 0 N–H and O–H groups in total. The van der Waals surface area contributed by atoms with E-state index in [1.807, 2.05) is 42.5 Å². The summed E-state index contributed by atoms with van der Waals surface area (Å²) in [6.45, 7) is 11.0. The predicted octanol–water partition coefficient (Wildman–Crippen LogP) is 6.96. The molecule has 1 heterocycles. The van der Waals surface area contributed by atoms with Gasteiger partial charge in [-0.2, -0.15) is 0 Å². The molecule has 1 fully saturated rings. The monoisotopic (exact) mass is 573 g/mol. The molecule has 3 aromatic rings. The Morgan fingerprint density at radius 2 is 1.44 bits per heavy atom. The molecule has 4 rings (SSSR count). The Hall–Kier alpha value is -3.75. The second-order valence-electron chi connectivity index (χ2n) is 11.9. The van der Waals surface area contributed by atoms with Crippen molar-refractivity contribution < 1.29 is 28.3 Å². The fourth-order valence-corrected chi connectivity index (χ4v) is 5.91. The fourth-order valence-electron chi connectivity index (χ4n) is 4.55. The number of hydrogen-bond acceptors (Lipinski definition) is 6. The maximum atomic E-state index is 13.8. The van der Waals surface area contributed by atoms with Crippen LogP contribution in [-0.2, 0) is 25.3 Å². The van der Waals surface area contributed by atoms with E-state index < -0.39 is 32.5 Å². The van der Waals surface area contributed by atoms with Gasteiger partial charge >= 0.3 is 12.1 Å². The van der Waals surface area contributed by atoms with E-state index >= 15 is 0 Å². The summed E-state index contributed by atoms with van der Waals surface area (Å²) >= 11 is 0. The maximum absolute atomic E-state index is 13.8. The van der Waals surface area contributed by atoms with Gasteiger partial charge < -0.3 is 13.9 Å². The number of likely N-dealkylation sites (tertiary alicyclic amines) is 1. The Bertz CT molecular complexity index is 1320. The van der Waals surface area contributed by atoms with Crippen molar-refractivity contribution in [2.45, 2.75) is 70.2 Å². The van der Waals surface area contributed by atoms with E-state index in [0.29, 0.717) is 11.1 Å². The van der Waals surface area contributed by atoms with Gasteiger partial charge in [0.05, 0.1) is 6.10 Å². The van der Waals surface area contributed by atoms with E-state index in [0.717, 1.165) is 5.56 Å². The number of amides is 1. The average molecular weight is 574 g/mol. The van der Waals surface area contributed by atoms with Gasteiger partial charge in [-0.15, -0.1) is 0 Å². The van der Waals surface area contributed by atoms with Gasteiger partial charge in [-0.1, -0.05) is 112 Å². The summed E-state index contributed by atoms with van der Waals surface area (Å²) < 4.78 is 18.2. The van der Waals surface area contributed by atoms with Gasteiger partial charge in [-0.25, -0.2) is 9.59 Å². The zero-order valence-electron chi connectivity index (χ0n) is 24.4. The topological polar surface area (TPSA) is 82.1 Å². The van der Waals surface area contributed by atoms with Crippen molar-refractivity contribution in [2.24, 2.45) is 0 Å². The Labute approximate surface area is 243 Å². The SMILES string of the molecule is CC(C)(C)[Si](C)(C)O[C@@H]1C[C@H](C(=O)OC(C(=O)c2ccccc2)c2ccccc2)N(C(=O)OCc2ccccc2)C1. The van der Waals surface area contributed by atoms with Crippen molar-refractivity contribution in [1.29, 1.82) is 0 Å². The maximum Gasteiger partial charge on any atom is 0.410 e. The first-order chi connectivity index (χ1) is 19.5. The third kappa shape index (κ3) is 7.51. The number of carbonyl (C=O) groups excluding carboxylic acids is 3. The highest BCUT2D eigenvalue weighted by molar-refractivity contribution is 6.74. The molecule has 0 radical (unpaired) electrons. The molecule has 1 saturated heterocycles. The first-order valence-electron chi connectivity index (χ1n) is 14.0. The molecule has 1 aliphatic rings. The zero-order valence-corrected chi connectivity index (χ0v) is 25.4. The number of benzene rings is 3. The van der Waals surface area contributed by atoms with Crippen LogP contribution in [0, 0.1) is 0 Å². The molecule has 0 bridgehead atoms. The Morgan fingerprint density at radius 3 is 2.02 bits per heavy atom. The summed E-state index contributed by atoms with van der Waals surface area (Å²) in [5.41, 5.74) is 1.82. The van der Waals surface area contributed by atoms with E-state index in [9.17, 15) is 14.4 Å². The van der Waals surface area contributed by atoms with Gasteiger partial charge in [-0.3, -0.25) is 9.69 Å². The molecular formula is C33H39NO6Si. The number of Topliss-reactive ketones (excluding diaryl/α,β-unsaturated/α-hetero) is 1. The largest absolute Gasteiger partial charge is 0.447 e. The van der Waals surface area contributed by atoms with Gasteiger partial charge in [0.1, 0.15) is 12.6 Å². The summed E-state index contributed by atoms with van der Waals surface area (Å²) in [7, 11) is -2.20. The summed E-state index contributed by atoms with van der Waals surface area (Å²) in [5, 5.41) is -0.0508. The minimum atomic E-state index is -2.20. The van der Waals surface area contributed by atoms with Crippen LogP contribution in [0.1, 0.15) is 54.8 Å². The molecule has 41 heavy (non-hydrogen) atoms. The van der Waals surface area contributed by atoms with Crippen LogP contribution >= 0.6 is 0 Å². The van der Waals surface area contributed by atoms with E-state index in [1.165, 1.54) is 4.90 Å². The first kappa shape index (κ1) is 30.2. The van der Waals surface area contributed by atoms with Crippen LogP contribution in [0.25, 0.3) is 0 Å².